The fraction of sp³-hybridized carbons (Fsp3) is 0.333. The zero-order valence-electron chi connectivity index (χ0n) is 17.0. The molecule has 0 unspecified atom stereocenters. The third-order valence-electron chi connectivity index (χ3n) is 5.75. The van der Waals surface area contributed by atoms with Crippen LogP contribution >= 0.6 is 0 Å². The Bertz CT molecular complexity index is 946. The van der Waals surface area contributed by atoms with E-state index in [2.05, 4.69) is 5.32 Å². The zero-order chi connectivity index (χ0) is 22.4. The zero-order valence-corrected chi connectivity index (χ0v) is 17.0. The van der Waals surface area contributed by atoms with Gasteiger partial charge >= 0.3 is 11.9 Å². The number of aliphatic carboxylic acids is 2. The Morgan fingerprint density at radius 2 is 1.35 bits per heavy atom. The highest BCUT2D eigenvalue weighted by Gasteiger charge is 2.31. The van der Waals surface area contributed by atoms with Gasteiger partial charge in [0.2, 0.25) is 5.91 Å². The predicted octanol–water partition coefficient (Wildman–Crippen LogP) is 2.92. The molecule has 2 aromatic rings. The molecule has 0 radical (unpaired) electrons. The molecule has 1 fully saturated rings. The number of carboxylic acid groups (broad SMARTS) is 2. The Hall–Kier alpha value is -3.48. The SMILES string of the molecule is O=C(c1ccccc1)c1ccc(C[C@H](NC(=O)C2CCC(C(=O)O)CC2)C(=O)O)cc1. The molecule has 7 heteroatoms. The molecule has 0 saturated heterocycles. The molecule has 31 heavy (non-hydrogen) atoms. The molecular weight excluding hydrogens is 398 g/mol. The van der Waals surface area contributed by atoms with E-state index in [0.29, 0.717) is 42.4 Å². The van der Waals surface area contributed by atoms with E-state index in [1.165, 1.54) is 0 Å². The quantitative estimate of drug-likeness (QED) is 0.562. The molecule has 3 N–H and O–H groups in total. The molecule has 0 aliphatic heterocycles. The van der Waals surface area contributed by atoms with Crippen LogP contribution < -0.4 is 5.32 Å². The molecule has 7 nitrogen and oxygen atoms in total. The molecule has 0 bridgehead atoms. The second-order valence-corrected chi connectivity index (χ2v) is 7.88. The topological polar surface area (TPSA) is 121 Å². The molecular formula is C24H25NO6. The van der Waals surface area contributed by atoms with Crippen LogP contribution in [-0.2, 0) is 20.8 Å². The van der Waals surface area contributed by atoms with E-state index in [1.807, 2.05) is 6.07 Å². The van der Waals surface area contributed by atoms with E-state index in [1.54, 1.807) is 48.5 Å². The second kappa shape index (κ2) is 10.0. The number of amides is 1. The fourth-order valence-electron chi connectivity index (χ4n) is 3.88. The van der Waals surface area contributed by atoms with Crippen LogP contribution in [0.25, 0.3) is 0 Å². The number of carbonyl (C=O) groups is 4. The smallest absolute Gasteiger partial charge is 0.326 e. The van der Waals surface area contributed by atoms with Gasteiger partial charge < -0.3 is 15.5 Å². The van der Waals surface area contributed by atoms with Crippen LogP contribution in [0, 0.1) is 11.8 Å². The largest absolute Gasteiger partial charge is 0.481 e. The first-order valence-corrected chi connectivity index (χ1v) is 10.3. The summed E-state index contributed by atoms with van der Waals surface area (Å²) < 4.78 is 0. The van der Waals surface area contributed by atoms with Crippen molar-refractivity contribution in [3.63, 3.8) is 0 Å². The van der Waals surface area contributed by atoms with Crippen LogP contribution in [0.5, 0.6) is 0 Å². The average molecular weight is 423 g/mol. The summed E-state index contributed by atoms with van der Waals surface area (Å²) in [6.07, 6.45) is 1.80. The summed E-state index contributed by atoms with van der Waals surface area (Å²) in [5, 5.41) is 21.2. The van der Waals surface area contributed by atoms with Crippen molar-refractivity contribution in [3.05, 3.63) is 71.3 Å². The van der Waals surface area contributed by atoms with Gasteiger partial charge in [0.05, 0.1) is 5.92 Å². The maximum atomic E-state index is 12.5. The van der Waals surface area contributed by atoms with Crippen molar-refractivity contribution in [1.29, 1.82) is 0 Å². The van der Waals surface area contributed by atoms with Gasteiger partial charge in [0.1, 0.15) is 6.04 Å². The third kappa shape index (κ3) is 5.78. The Balaban J connectivity index is 1.60. The third-order valence-corrected chi connectivity index (χ3v) is 5.75. The highest BCUT2D eigenvalue weighted by Crippen LogP contribution is 2.29. The summed E-state index contributed by atoms with van der Waals surface area (Å²) in [6, 6.07) is 14.5. The summed E-state index contributed by atoms with van der Waals surface area (Å²) in [4.78, 5) is 47.7. The van der Waals surface area contributed by atoms with Crippen LogP contribution in [0.3, 0.4) is 0 Å². The molecule has 3 rings (SSSR count). The summed E-state index contributed by atoms with van der Waals surface area (Å²) in [5.74, 6) is -3.27. The minimum Gasteiger partial charge on any atom is -0.481 e. The Morgan fingerprint density at radius 1 is 0.806 bits per heavy atom. The highest BCUT2D eigenvalue weighted by atomic mass is 16.4. The molecule has 1 aliphatic rings. The first-order chi connectivity index (χ1) is 14.8. The molecule has 1 atom stereocenters. The number of hydrogen-bond acceptors (Lipinski definition) is 4. The molecule has 1 aliphatic carbocycles. The maximum Gasteiger partial charge on any atom is 0.326 e. The molecule has 0 heterocycles. The molecule has 1 amide bonds. The number of nitrogens with one attached hydrogen (secondary N) is 1. The van der Waals surface area contributed by atoms with E-state index < -0.39 is 23.9 Å². The number of hydrogen-bond donors (Lipinski definition) is 3. The lowest BCUT2D eigenvalue weighted by Crippen LogP contribution is -2.45. The predicted molar refractivity (Wildman–Crippen MR) is 113 cm³/mol. The van der Waals surface area contributed by atoms with E-state index in [4.69, 9.17) is 5.11 Å². The van der Waals surface area contributed by atoms with Gasteiger partial charge in [-0.1, -0.05) is 54.6 Å². The first-order valence-electron chi connectivity index (χ1n) is 10.3. The van der Waals surface area contributed by atoms with Gasteiger partial charge in [0, 0.05) is 23.5 Å². The van der Waals surface area contributed by atoms with Crippen LogP contribution in [0.2, 0.25) is 0 Å². The summed E-state index contributed by atoms with van der Waals surface area (Å²) in [6.45, 7) is 0. The van der Waals surface area contributed by atoms with Gasteiger partial charge in [0.15, 0.2) is 5.78 Å². The number of benzene rings is 2. The standard InChI is InChI=1S/C24H25NO6/c26-21(16-4-2-1-3-5-16)17-8-6-15(7-9-17)14-20(24(30)31)25-22(27)18-10-12-19(13-11-18)23(28)29/h1-9,18-20H,10-14H2,(H,25,27)(H,28,29)(H,30,31)/t18?,19?,20-/m0/s1. The van der Waals surface area contributed by atoms with Gasteiger partial charge in [0.25, 0.3) is 0 Å². The average Bonchev–Trinajstić information content (AvgIpc) is 2.79. The Morgan fingerprint density at radius 3 is 1.90 bits per heavy atom. The first kappa shape index (κ1) is 22.2. The van der Waals surface area contributed by atoms with E-state index in [-0.39, 0.29) is 24.0 Å². The van der Waals surface area contributed by atoms with Crippen molar-refractivity contribution < 1.29 is 29.4 Å². The monoisotopic (exact) mass is 423 g/mol. The lowest BCUT2D eigenvalue weighted by Gasteiger charge is -2.26. The van der Waals surface area contributed by atoms with Gasteiger partial charge in [-0.15, -0.1) is 0 Å². The Kier molecular flexibility index (Phi) is 7.18. The van der Waals surface area contributed by atoms with E-state index >= 15 is 0 Å². The highest BCUT2D eigenvalue weighted by molar-refractivity contribution is 6.08. The maximum absolute atomic E-state index is 12.5. The second-order valence-electron chi connectivity index (χ2n) is 7.88. The van der Waals surface area contributed by atoms with Crippen LogP contribution in [0.1, 0.15) is 47.2 Å². The van der Waals surface area contributed by atoms with Gasteiger partial charge in [-0.3, -0.25) is 14.4 Å². The summed E-state index contributed by atoms with van der Waals surface area (Å²) in [5.41, 5.74) is 1.76. The number of ketones is 1. The number of rotatable bonds is 8. The summed E-state index contributed by atoms with van der Waals surface area (Å²) >= 11 is 0. The minimum absolute atomic E-state index is 0.0886. The molecule has 162 valence electrons. The fourth-order valence-corrected chi connectivity index (χ4v) is 3.88. The normalized spacial score (nSPS) is 19.2. The van der Waals surface area contributed by atoms with Gasteiger partial charge in [-0.25, -0.2) is 4.79 Å². The molecule has 1 saturated carbocycles. The molecule has 0 aromatic heterocycles. The lowest BCUT2D eigenvalue weighted by molar-refractivity contribution is -0.144. The summed E-state index contributed by atoms with van der Waals surface area (Å²) in [7, 11) is 0. The van der Waals surface area contributed by atoms with Crippen molar-refractivity contribution in [2.24, 2.45) is 11.8 Å². The molecule has 2 aromatic carbocycles. The Labute approximate surface area is 180 Å². The van der Waals surface area contributed by atoms with Gasteiger partial charge in [-0.2, -0.15) is 0 Å². The van der Waals surface area contributed by atoms with E-state index in [0.717, 1.165) is 0 Å². The van der Waals surface area contributed by atoms with Crippen molar-refractivity contribution in [2.45, 2.75) is 38.1 Å². The van der Waals surface area contributed by atoms with Crippen LogP contribution in [-0.4, -0.2) is 39.9 Å². The van der Waals surface area contributed by atoms with Crippen LogP contribution in [0.15, 0.2) is 54.6 Å². The van der Waals surface area contributed by atoms with Crippen LogP contribution in [0.4, 0.5) is 0 Å². The lowest BCUT2D eigenvalue weighted by atomic mass is 9.81. The van der Waals surface area contributed by atoms with E-state index in [9.17, 15) is 24.3 Å². The van der Waals surface area contributed by atoms with Crippen molar-refractivity contribution in [3.8, 4) is 0 Å². The minimum atomic E-state index is -1.14. The van der Waals surface area contributed by atoms with Crippen molar-refractivity contribution >= 4 is 23.6 Å². The van der Waals surface area contributed by atoms with Crippen molar-refractivity contribution in [2.75, 3.05) is 0 Å². The molecule has 0 spiro atoms. The number of carboxylic acids is 2. The van der Waals surface area contributed by atoms with Gasteiger partial charge in [-0.05, 0) is 31.2 Å². The number of carbonyl (C=O) groups excluding carboxylic acids is 2. The van der Waals surface area contributed by atoms with Crippen molar-refractivity contribution in [1.82, 2.24) is 5.32 Å².